The first-order chi connectivity index (χ1) is 3.29. The van der Waals surface area contributed by atoms with E-state index in [1.54, 1.807) is 0 Å². The Balaban J connectivity index is 0. The molecule has 9 heavy (non-hydrogen) atoms. The largest absolute Gasteiger partial charge is 1.00 e. The van der Waals surface area contributed by atoms with Gasteiger partial charge in [-0.15, -0.1) is 0 Å². The van der Waals surface area contributed by atoms with Gasteiger partial charge in [-0.3, -0.25) is 14.9 Å². The van der Waals surface area contributed by atoms with Crippen LogP contribution >= 0.6 is 0 Å². The molecule has 5 heteroatoms. The van der Waals surface area contributed by atoms with Gasteiger partial charge in [0.15, 0.2) is 0 Å². The number of hydrogen-bond donors (Lipinski definition) is 1. The smallest absolute Gasteiger partial charge is 0.296 e. The fourth-order valence-electron chi connectivity index (χ4n) is 0.508. The quantitative estimate of drug-likeness (QED) is 0.355. The Kier molecular flexibility index (Phi) is 9.11. The predicted octanol–water partition coefficient (Wildman–Crippen LogP) is -3.58. The van der Waals surface area contributed by atoms with Crippen LogP contribution in [-0.2, 0) is 32.0 Å². The summed E-state index contributed by atoms with van der Waals surface area (Å²) < 4.78 is 0. The fraction of sp³-hybridized carbons (Fsp3) is 0.500. The second kappa shape index (κ2) is 6.24. The summed E-state index contributed by atoms with van der Waals surface area (Å²) in [6, 6.07) is 0. The molecule has 1 heterocycles. The number of amides is 2. The van der Waals surface area contributed by atoms with Crippen molar-refractivity contribution in [2.75, 3.05) is 0 Å². The minimum absolute atomic E-state index is 0. The minimum Gasteiger partial charge on any atom is -0.296 e. The molecule has 0 aromatic heterocycles. The van der Waals surface area contributed by atoms with E-state index in [1.165, 1.54) is 0 Å². The molecule has 0 bridgehead atoms. The van der Waals surface area contributed by atoms with Crippen molar-refractivity contribution in [2.24, 2.45) is 0 Å². The molecule has 0 radical (unpaired) electrons. The summed E-state index contributed by atoms with van der Waals surface area (Å²) in [6.07, 6.45) is 0.748. The second-order valence-electron chi connectivity index (χ2n) is 1.47. The van der Waals surface area contributed by atoms with Crippen molar-refractivity contribution in [3.8, 4) is 0 Å². The van der Waals surface area contributed by atoms with E-state index in [4.69, 9.17) is 0 Å². The second-order valence-corrected chi connectivity index (χ2v) is 1.47. The molecule has 0 atom stereocenters. The van der Waals surface area contributed by atoms with Crippen LogP contribution in [0.15, 0.2) is 0 Å². The first-order valence-corrected chi connectivity index (χ1v) is 2.12. The third-order valence-corrected chi connectivity index (χ3v) is 0.858. The van der Waals surface area contributed by atoms with Crippen molar-refractivity contribution in [3.05, 3.63) is 0 Å². The Bertz CT molecular complexity index is 114. The zero-order valence-corrected chi connectivity index (χ0v) is 9.64. The molecule has 0 spiro atoms. The molecular weight excluding hydrogens is 241 g/mol. The first-order valence-electron chi connectivity index (χ1n) is 2.12. The molecule has 3 nitrogen and oxygen atoms in total. The van der Waals surface area contributed by atoms with Crippen LogP contribution in [0.25, 0.3) is 0 Å². The molecule has 1 aliphatic rings. The molecule has 48 valence electrons. The normalized spacial score (nSPS) is 15.6. The number of carbonyl (C=O) groups is 2. The fourth-order valence-corrected chi connectivity index (χ4v) is 0.508. The third kappa shape index (κ3) is 4.86. The first kappa shape index (κ1) is 13.1. The van der Waals surface area contributed by atoms with Gasteiger partial charge in [-0.05, 0) is 0 Å². The van der Waals surface area contributed by atoms with Crippen molar-refractivity contribution in [1.82, 2.24) is 5.32 Å². The molecule has 2 amide bonds. The minimum atomic E-state index is -0.148. The number of imide groups is 1. The summed E-state index contributed by atoms with van der Waals surface area (Å²) in [5.74, 6) is -0.296. The standard InChI is InChI=1S/C4H5NO2.Ag.K/c6-3-1-2-4(7)5-3;;/h1-2H2,(H,5,6,7);;/q;2*+1. The molecule has 0 unspecified atom stereocenters. The average molecular weight is 246 g/mol. The average Bonchev–Trinajstić information content (AvgIpc) is 1.87. The van der Waals surface area contributed by atoms with Crippen LogP contribution in [-0.4, -0.2) is 11.8 Å². The number of carbonyl (C=O) groups excluding carboxylic acids is 2. The van der Waals surface area contributed by atoms with Gasteiger partial charge in [0, 0.05) is 12.8 Å². The number of rotatable bonds is 0. The zero-order chi connectivity index (χ0) is 5.28. The van der Waals surface area contributed by atoms with Gasteiger partial charge < -0.3 is 0 Å². The molecule has 1 rings (SSSR count). The summed E-state index contributed by atoms with van der Waals surface area (Å²) in [4.78, 5) is 20.2. The van der Waals surface area contributed by atoms with E-state index in [0.717, 1.165) is 0 Å². The Morgan fingerprint density at radius 1 is 1.11 bits per heavy atom. The molecule has 0 aliphatic carbocycles. The predicted molar refractivity (Wildman–Crippen MR) is 22.4 cm³/mol. The van der Waals surface area contributed by atoms with E-state index in [2.05, 4.69) is 5.32 Å². The van der Waals surface area contributed by atoms with E-state index in [0.29, 0.717) is 12.8 Å². The van der Waals surface area contributed by atoms with Crippen LogP contribution in [0.1, 0.15) is 12.8 Å². The van der Waals surface area contributed by atoms with E-state index in [9.17, 15) is 9.59 Å². The Labute approximate surface area is 111 Å². The third-order valence-electron chi connectivity index (χ3n) is 0.858. The maximum atomic E-state index is 10.1. The summed E-state index contributed by atoms with van der Waals surface area (Å²) in [6.45, 7) is 0. The van der Waals surface area contributed by atoms with Crippen LogP contribution in [0.3, 0.4) is 0 Å². The Morgan fingerprint density at radius 3 is 1.56 bits per heavy atom. The van der Waals surface area contributed by atoms with E-state index < -0.39 is 0 Å². The maximum absolute atomic E-state index is 10.1. The van der Waals surface area contributed by atoms with E-state index in [-0.39, 0.29) is 85.6 Å². The molecule has 1 saturated heterocycles. The Morgan fingerprint density at radius 2 is 1.44 bits per heavy atom. The molecule has 1 N–H and O–H groups in total. The van der Waals surface area contributed by atoms with Crippen molar-refractivity contribution in [2.45, 2.75) is 12.8 Å². The van der Waals surface area contributed by atoms with Crippen molar-refractivity contribution in [1.29, 1.82) is 0 Å². The van der Waals surface area contributed by atoms with Gasteiger partial charge in [0.1, 0.15) is 0 Å². The van der Waals surface area contributed by atoms with Gasteiger partial charge in [-0.2, -0.15) is 0 Å². The SMILES string of the molecule is O=C1CCC(=O)N1.[Ag+].[K+]. The molecule has 0 saturated carbocycles. The molecule has 1 fully saturated rings. The van der Waals surface area contributed by atoms with Gasteiger partial charge >= 0.3 is 73.8 Å². The molecule has 0 aromatic carbocycles. The monoisotopic (exact) mass is 245 g/mol. The summed E-state index contributed by atoms with van der Waals surface area (Å²) in [7, 11) is 0. The van der Waals surface area contributed by atoms with Crippen LogP contribution in [0.5, 0.6) is 0 Å². The van der Waals surface area contributed by atoms with Gasteiger partial charge in [0.05, 0.1) is 0 Å². The van der Waals surface area contributed by atoms with Crippen LogP contribution in [0.2, 0.25) is 0 Å². The summed E-state index contributed by atoms with van der Waals surface area (Å²) in [5.41, 5.74) is 0. The molecule has 1 aliphatic heterocycles. The van der Waals surface area contributed by atoms with E-state index >= 15 is 0 Å². The summed E-state index contributed by atoms with van der Waals surface area (Å²) in [5, 5.41) is 2.14. The van der Waals surface area contributed by atoms with Crippen LogP contribution in [0.4, 0.5) is 0 Å². The van der Waals surface area contributed by atoms with E-state index in [1.807, 2.05) is 0 Å². The maximum Gasteiger partial charge on any atom is 1.00 e. The topological polar surface area (TPSA) is 46.2 Å². The summed E-state index contributed by atoms with van der Waals surface area (Å²) >= 11 is 0. The number of nitrogens with one attached hydrogen (secondary N) is 1. The van der Waals surface area contributed by atoms with Crippen LogP contribution in [0, 0.1) is 0 Å². The van der Waals surface area contributed by atoms with Crippen molar-refractivity contribution in [3.63, 3.8) is 0 Å². The zero-order valence-electron chi connectivity index (χ0n) is 5.03. The van der Waals surface area contributed by atoms with Crippen LogP contribution < -0.4 is 56.7 Å². The Hall–Kier alpha value is 1.52. The van der Waals surface area contributed by atoms with Gasteiger partial charge in [-0.1, -0.05) is 0 Å². The van der Waals surface area contributed by atoms with Gasteiger partial charge in [0.25, 0.3) is 0 Å². The molecule has 0 aromatic rings. The number of hydrogen-bond acceptors (Lipinski definition) is 2. The van der Waals surface area contributed by atoms with Crippen molar-refractivity contribution < 1.29 is 83.4 Å². The van der Waals surface area contributed by atoms with Crippen molar-refractivity contribution >= 4 is 11.8 Å². The van der Waals surface area contributed by atoms with Gasteiger partial charge in [0.2, 0.25) is 11.8 Å². The molecular formula is C4H5AgKNO2+2. The van der Waals surface area contributed by atoms with Gasteiger partial charge in [-0.25, -0.2) is 0 Å².